The first kappa shape index (κ1) is 13.5. The van der Waals surface area contributed by atoms with Crippen molar-refractivity contribution in [3.63, 3.8) is 0 Å². The predicted molar refractivity (Wildman–Crippen MR) is 68.2 cm³/mol. The molecule has 1 aromatic rings. The molecule has 1 atom stereocenters. The van der Waals surface area contributed by atoms with Crippen LogP contribution in [-0.4, -0.2) is 16.9 Å². The minimum Gasteiger partial charge on any atom is -0.364 e. The van der Waals surface area contributed by atoms with Crippen molar-refractivity contribution >= 4 is 5.91 Å². The average Bonchev–Trinajstić information content (AvgIpc) is 2.15. The first-order chi connectivity index (χ1) is 7.90. The number of hydrogen-bond acceptors (Lipinski definition) is 2. The van der Waals surface area contributed by atoms with Gasteiger partial charge in [-0.2, -0.15) is 0 Å². The Morgan fingerprint density at radius 2 is 2.06 bits per heavy atom. The van der Waals surface area contributed by atoms with E-state index in [1.165, 1.54) is 12.3 Å². The minimum atomic E-state index is -0.306. The highest BCUT2D eigenvalue weighted by Gasteiger charge is 2.13. The topological polar surface area (TPSA) is 62.0 Å². The fourth-order valence-electron chi connectivity index (χ4n) is 1.82. The molecule has 0 fully saturated rings. The number of carbonyl (C=O) groups excluding carboxylic acids is 1. The number of hydrogen-bond donors (Lipinski definition) is 2. The zero-order valence-electron chi connectivity index (χ0n) is 10.8. The van der Waals surface area contributed by atoms with Crippen molar-refractivity contribution < 1.29 is 4.79 Å². The molecule has 0 saturated heterocycles. The normalized spacial score (nSPS) is 12.5. The summed E-state index contributed by atoms with van der Waals surface area (Å²) in [4.78, 5) is 26.3. The Morgan fingerprint density at radius 3 is 2.59 bits per heavy atom. The van der Waals surface area contributed by atoms with Crippen LogP contribution in [0.15, 0.2) is 17.1 Å². The Kier molecular flexibility index (Phi) is 4.49. The number of nitrogens with one attached hydrogen (secondary N) is 2. The number of amides is 1. The third-order valence-electron chi connectivity index (χ3n) is 2.50. The molecule has 17 heavy (non-hydrogen) atoms. The number of aromatic nitrogens is 1. The molecule has 1 aromatic heterocycles. The molecule has 1 rings (SSSR count). The number of H-pyrrole nitrogens is 1. The van der Waals surface area contributed by atoms with E-state index < -0.39 is 0 Å². The lowest BCUT2D eigenvalue weighted by Crippen LogP contribution is -2.36. The molecule has 0 aliphatic rings. The summed E-state index contributed by atoms with van der Waals surface area (Å²) < 4.78 is 0. The highest BCUT2D eigenvalue weighted by atomic mass is 16.2. The van der Waals surface area contributed by atoms with E-state index >= 15 is 0 Å². The van der Waals surface area contributed by atoms with Gasteiger partial charge >= 0.3 is 0 Å². The molecule has 0 spiro atoms. The Labute approximate surface area is 101 Å². The fraction of sp³-hybridized carbons (Fsp3) is 0.538. The largest absolute Gasteiger partial charge is 0.364 e. The van der Waals surface area contributed by atoms with Gasteiger partial charge in [-0.1, -0.05) is 13.8 Å². The molecule has 94 valence electrons. The van der Waals surface area contributed by atoms with Gasteiger partial charge in [0.2, 0.25) is 0 Å². The van der Waals surface area contributed by atoms with Crippen LogP contribution in [-0.2, 0) is 0 Å². The van der Waals surface area contributed by atoms with Crippen LogP contribution in [0.2, 0.25) is 0 Å². The van der Waals surface area contributed by atoms with Crippen LogP contribution in [0, 0.1) is 12.8 Å². The molecule has 0 aliphatic heterocycles. The summed E-state index contributed by atoms with van der Waals surface area (Å²) in [6, 6.07) is 1.50. The number of aromatic amines is 1. The zero-order chi connectivity index (χ0) is 13.0. The van der Waals surface area contributed by atoms with Crippen LogP contribution in [0.5, 0.6) is 0 Å². The summed E-state index contributed by atoms with van der Waals surface area (Å²) in [6.07, 6.45) is 2.37. The minimum absolute atomic E-state index is 0.0724. The van der Waals surface area contributed by atoms with Crippen LogP contribution in [0.4, 0.5) is 0 Å². The van der Waals surface area contributed by atoms with E-state index in [-0.39, 0.29) is 22.9 Å². The van der Waals surface area contributed by atoms with Gasteiger partial charge in [0.15, 0.2) is 5.43 Å². The van der Waals surface area contributed by atoms with Gasteiger partial charge < -0.3 is 10.3 Å². The molecule has 1 unspecified atom stereocenters. The van der Waals surface area contributed by atoms with Crippen molar-refractivity contribution in [2.24, 2.45) is 5.92 Å². The third-order valence-corrected chi connectivity index (χ3v) is 2.50. The maximum absolute atomic E-state index is 11.8. The second-order valence-corrected chi connectivity index (χ2v) is 4.90. The maximum atomic E-state index is 11.8. The molecular formula is C13H20N2O2. The van der Waals surface area contributed by atoms with Gasteiger partial charge in [0.1, 0.15) is 5.56 Å². The predicted octanol–water partition coefficient (Wildman–Crippen LogP) is 1.85. The summed E-state index contributed by atoms with van der Waals surface area (Å²) in [6.45, 7) is 7.92. The lowest BCUT2D eigenvalue weighted by Gasteiger charge is -2.15. The van der Waals surface area contributed by atoms with Gasteiger partial charge in [-0.15, -0.1) is 0 Å². The molecule has 0 aliphatic carbocycles. The second-order valence-electron chi connectivity index (χ2n) is 4.90. The summed E-state index contributed by atoms with van der Waals surface area (Å²) in [5.74, 6) is 0.209. The lowest BCUT2D eigenvalue weighted by atomic mass is 10.0. The Morgan fingerprint density at radius 1 is 1.41 bits per heavy atom. The number of carbonyl (C=O) groups is 1. The van der Waals surface area contributed by atoms with Crippen LogP contribution in [0.1, 0.15) is 43.2 Å². The van der Waals surface area contributed by atoms with Gasteiger partial charge in [0.25, 0.3) is 5.91 Å². The smallest absolute Gasteiger partial charge is 0.256 e. The molecule has 2 N–H and O–H groups in total. The van der Waals surface area contributed by atoms with E-state index in [1.807, 2.05) is 6.92 Å². The summed E-state index contributed by atoms with van der Waals surface area (Å²) >= 11 is 0. The Hall–Kier alpha value is -1.58. The molecule has 4 heteroatoms. The van der Waals surface area contributed by atoms with E-state index in [1.54, 1.807) is 6.92 Å². The zero-order valence-corrected chi connectivity index (χ0v) is 10.8. The molecule has 0 bridgehead atoms. The SMILES string of the molecule is Cc1cc(=O)c(C(=O)NC(C)CC(C)C)c[nH]1. The second kappa shape index (κ2) is 5.66. The van der Waals surface area contributed by atoms with Crippen molar-refractivity contribution in [1.82, 2.24) is 10.3 Å². The number of rotatable bonds is 4. The molecule has 0 aromatic carbocycles. The van der Waals surface area contributed by atoms with Crippen LogP contribution in [0.25, 0.3) is 0 Å². The quantitative estimate of drug-likeness (QED) is 0.838. The first-order valence-corrected chi connectivity index (χ1v) is 5.90. The van der Waals surface area contributed by atoms with Crippen LogP contribution < -0.4 is 10.7 Å². The van der Waals surface area contributed by atoms with Gasteiger partial charge in [0.05, 0.1) is 0 Å². The van der Waals surface area contributed by atoms with E-state index in [4.69, 9.17) is 0 Å². The maximum Gasteiger partial charge on any atom is 0.256 e. The van der Waals surface area contributed by atoms with Crippen molar-refractivity contribution in [3.05, 3.63) is 33.7 Å². The summed E-state index contributed by atoms with van der Waals surface area (Å²) in [7, 11) is 0. The van der Waals surface area contributed by atoms with E-state index in [2.05, 4.69) is 24.1 Å². The van der Waals surface area contributed by atoms with E-state index in [0.29, 0.717) is 5.92 Å². The fourth-order valence-corrected chi connectivity index (χ4v) is 1.82. The number of aryl methyl sites for hydroxylation is 1. The molecule has 4 nitrogen and oxygen atoms in total. The highest BCUT2D eigenvalue weighted by molar-refractivity contribution is 5.93. The van der Waals surface area contributed by atoms with Crippen molar-refractivity contribution in [2.45, 2.75) is 40.2 Å². The van der Waals surface area contributed by atoms with Crippen molar-refractivity contribution in [1.29, 1.82) is 0 Å². The van der Waals surface area contributed by atoms with Crippen molar-refractivity contribution in [2.75, 3.05) is 0 Å². The Balaban J connectivity index is 2.73. The van der Waals surface area contributed by atoms with Gasteiger partial charge in [-0.05, 0) is 26.2 Å². The van der Waals surface area contributed by atoms with E-state index in [0.717, 1.165) is 12.1 Å². The molecule has 0 saturated carbocycles. The molecule has 1 heterocycles. The summed E-state index contributed by atoms with van der Waals surface area (Å²) in [5.41, 5.74) is 0.684. The van der Waals surface area contributed by atoms with Gasteiger partial charge in [-0.25, -0.2) is 0 Å². The third kappa shape index (κ3) is 4.06. The summed E-state index contributed by atoms with van der Waals surface area (Å²) in [5, 5.41) is 2.83. The van der Waals surface area contributed by atoms with E-state index in [9.17, 15) is 9.59 Å². The first-order valence-electron chi connectivity index (χ1n) is 5.90. The monoisotopic (exact) mass is 236 g/mol. The van der Waals surface area contributed by atoms with Gasteiger partial charge in [0, 0.05) is 24.0 Å². The van der Waals surface area contributed by atoms with Crippen molar-refractivity contribution in [3.8, 4) is 0 Å². The lowest BCUT2D eigenvalue weighted by molar-refractivity contribution is 0.0934. The van der Waals surface area contributed by atoms with Gasteiger partial charge in [-0.3, -0.25) is 9.59 Å². The van der Waals surface area contributed by atoms with Crippen LogP contribution in [0.3, 0.4) is 0 Å². The molecule has 1 amide bonds. The molecular weight excluding hydrogens is 216 g/mol. The van der Waals surface area contributed by atoms with Crippen LogP contribution >= 0.6 is 0 Å². The number of pyridine rings is 1. The Bertz CT molecular complexity index is 449. The standard InChI is InChI=1S/C13H20N2O2/c1-8(2)5-10(4)15-13(17)11-7-14-9(3)6-12(11)16/h6-8,10H,5H2,1-4H3,(H,14,16)(H,15,17). The highest BCUT2D eigenvalue weighted by Crippen LogP contribution is 2.04. The average molecular weight is 236 g/mol. The molecule has 0 radical (unpaired) electrons.